The van der Waals surface area contributed by atoms with Crippen molar-refractivity contribution < 1.29 is 4.39 Å². The highest BCUT2D eigenvalue weighted by atomic mass is 19.1. The maximum atomic E-state index is 13.2. The third-order valence-corrected chi connectivity index (χ3v) is 3.01. The van der Waals surface area contributed by atoms with Gasteiger partial charge in [0.2, 0.25) is 0 Å². The van der Waals surface area contributed by atoms with E-state index in [-0.39, 0.29) is 5.82 Å². The average Bonchev–Trinajstić information content (AvgIpc) is 2.88. The molecule has 3 aromatic rings. The van der Waals surface area contributed by atoms with E-state index in [1.807, 2.05) is 47.1 Å². The number of rotatable bonds is 3. The zero-order chi connectivity index (χ0) is 13.1. The van der Waals surface area contributed by atoms with Crippen LogP contribution in [0.4, 0.5) is 4.39 Å². The van der Waals surface area contributed by atoms with Crippen LogP contribution in [0.3, 0.4) is 0 Å². The molecule has 0 saturated carbocycles. The lowest BCUT2D eigenvalue weighted by atomic mass is 10.1. The molecular formula is C16H13FN2. The smallest absolute Gasteiger partial charge is 0.123 e. The van der Waals surface area contributed by atoms with Crippen LogP contribution in [0, 0.1) is 5.82 Å². The third-order valence-electron chi connectivity index (χ3n) is 3.01. The predicted octanol–water partition coefficient (Wildman–Crippen LogP) is 3.74. The van der Waals surface area contributed by atoms with Gasteiger partial charge in [0, 0.05) is 6.20 Å². The highest BCUT2D eigenvalue weighted by molar-refractivity contribution is 5.59. The maximum absolute atomic E-state index is 13.2. The quantitative estimate of drug-likeness (QED) is 0.694. The van der Waals surface area contributed by atoms with Gasteiger partial charge in [-0.1, -0.05) is 42.5 Å². The van der Waals surface area contributed by atoms with Crippen molar-refractivity contribution in [2.24, 2.45) is 0 Å². The monoisotopic (exact) mass is 252 g/mol. The van der Waals surface area contributed by atoms with Crippen molar-refractivity contribution in [3.8, 4) is 11.3 Å². The SMILES string of the molecule is Fc1cccc(Cn2nccc2-c2ccccc2)c1. The van der Waals surface area contributed by atoms with Gasteiger partial charge in [0.25, 0.3) is 0 Å². The summed E-state index contributed by atoms with van der Waals surface area (Å²) in [6.07, 6.45) is 1.77. The molecule has 0 amide bonds. The molecule has 94 valence electrons. The number of nitrogens with zero attached hydrogens (tertiary/aromatic N) is 2. The minimum absolute atomic E-state index is 0.217. The van der Waals surface area contributed by atoms with E-state index in [2.05, 4.69) is 5.10 Å². The molecule has 0 atom stereocenters. The average molecular weight is 252 g/mol. The summed E-state index contributed by atoms with van der Waals surface area (Å²) >= 11 is 0. The molecule has 0 fully saturated rings. The van der Waals surface area contributed by atoms with Gasteiger partial charge in [-0.25, -0.2) is 4.39 Å². The molecule has 1 heterocycles. The fourth-order valence-corrected chi connectivity index (χ4v) is 2.12. The number of benzene rings is 2. The van der Waals surface area contributed by atoms with Gasteiger partial charge in [-0.2, -0.15) is 5.10 Å². The molecule has 1 aromatic heterocycles. The first kappa shape index (κ1) is 11.7. The molecule has 0 radical (unpaired) electrons. The van der Waals surface area contributed by atoms with Gasteiger partial charge in [-0.3, -0.25) is 4.68 Å². The second kappa shape index (κ2) is 5.06. The van der Waals surface area contributed by atoms with E-state index in [0.717, 1.165) is 16.8 Å². The van der Waals surface area contributed by atoms with Crippen molar-refractivity contribution in [2.75, 3.05) is 0 Å². The van der Waals surface area contributed by atoms with E-state index in [9.17, 15) is 4.39 Å². The molecule has 0 aliphatic heterocycles. The fourth-order valence-electron chi connectivity index (χ4n) is 2.12. The van der Waals surface area contributed by atoms with Crippen molar-refractivity contribution in [2.45, 2.75) is 6.54 Å². The van der Waals surface area contributed by atoms with Crippen LogP contribution in [0.2, 0.25) is 0 Å². The van der Waals surface area contributed by atoms with Gasteiger partial charge >= 0.3 is 0 Å². The molecule has 2 aromatic carbocycles. The van der Waals surface area contributed by atoms with E-state index in [0.29, 0.717) is 6.54 Å². The first-order valence-electron chi connectivity index (χ1n) is 6.14. The Labute approximate surface area is 111 Å². The minimum atomic E-state index is -0.217. The zero-order valence-corrected chi connectivity index (χ0v) is 10.3. The van der Waals surface area contributed by atoms with Crippen LogP contribution in [0.5, 0.6) is 0 Å². The molecule has 2 nitrogen and oxygen atoms in total. The van der Waals surface area contributed by atoms with E-state index >= 15 is 0 Å². The van der Waals surface area contributed by atoms with Crippen LogP contribution in [0.25, 0.3) is 11.3 Å². The van der Waals surface area contributed by atoms with Crippen LogP contribution in [-0.4, -0.2) is 9.78 Å². The summed E-state index contributed by atoms with van der Waals surface area (Å²) in [5.74, 6) is -0.217. The van der Waals surface area contributed by atoms with Gasteiger partial charge in [-0.15, -0.1) is 0 Å². The van der Waals surface area contributed by atoms with Gasteiger partial charge < -0.3 is 0 Å². The van der Waals surface area contributed by atoms with E-state index in [1.165, 1.54) is 12.1 Å². The Morgan fingerprint density at radius 3 is 2.58 bits per heavy atom. The zero-order valence-electron chi connectivity index (χ0n) is 10.3. The van der Waals surface area contributed by atoms with Crippen LogP contribution < -0.4 is 0 Å². The molecule has 0 aliphatic carbocycles. The Balaban J connectivity index is 1.93. The standard InChI is InChI=1S/C16H13FN2/c17-15-8-4-5-13(11-15)12-19-16(9-10-18-19)14-6-2-1-3-7-14/h1-11H,12H2. The lowest BCUT2D eigenvalue weighted by Crippen LogP contribution is -2.03. The van der Waals surface area contributed by atoms with Gasteiger partial charge in [0.15, 0.2) is 0 Å². The topological polar surface area (TPSA) is 17.8 Å². The molecule has 19 heavy (non-hydrogen) atoms. The summed E-state index contributed by atoms with van der Waals surface area (Å²) in [4.78, 5) is 0. The highest BCUT2D eigenvalue weighted by Gasteiger charge is 2.05. The Morgan fingerprint density at radius 2 is 1.79 bits per heavy atom. The summed E-state index contributed by atoms with van der Waals surface area (Å²) in [7, 11) is 0. The molecule has 0 bridgehead atoms. The second-order valence-corrected chi connectivity index (χ2v) is 4.37. The first-order chi connectivity index (χ1) is 9.33. The van der Waals surface area contributed by atoms with Gasteiger partial charge in [-0.05, 0) is 29.3 Å². The summed E-state index contributed by atoms with van der Waals surface area (Å²) in [6.45, 7) is 0.564. The molecule has 3 rings (SSSR count). The summed E-state index contributed by atoms with van der Waals surface area (Å²) < 4.78 is 15.1. The minimum Gasteiger partial charge on any atom is -0.260 e. The number of hydrogen-bond acceptors (Lipinski definition) is 1. The maximum Gasteiger partial charge on any atom is 0.123 e. The van der Waals surface area contributed by atoms with E-state index in [1.54, 1.807) is 12.3 Å². The summed E-state index contributed by atoms with van der Waals surface area (Å²) in [5, 5.41) is 4.31. The van der Waals surface area contributed by atoms with Gasteiger partial charge in [0.05, 0.1) is 12.2 Å². The van der Waals surface area contributed by atoms with Crippen LogP contribution in [0.15, 0.2) is 66.9 Å². The lowest BCUT2D eigenvalue weighted by molar-refractivity contribution is 0.620. The van der Waals surface area contributed by atoms with Crippen molar-refractivity contribution in [3.05, 3.63) is 78.2 Å². The normalized spacial score (nSPS) is 10.6. The second-order valence-electron chi connectivity index (χ2n) is 4.37. The fraction of sp³-hybridized carbons (Fsp3) is 0.0625. The molecule has 3 heteroatoms. The van der Waals surface area contributed by atoms with Crippen LogP contribution in [-0.2, 0) is 6.54 Å². The number of aromatic nitrogens is 2. The lowest BCUT2D eigenvalue weighted by Gasteiger charge is -2.08. The predicted molar refractivity (Wildman–Crippen MR) is 73.2 cm³/mol. The number of hydrogen-bond donors (Lipinski definition) is 0. The molecular weight excluding hydrogens is 239 g/mol. The molecule has 0 saturated heterocycles. The Hall–Kier alpha value is -2.42. The van der Waals surface area contributed by atoms with Crippen molar-refractivity contribution in [3.63, 3.8) is 0 Å². The van der Waals surface area contributed by atoms with Crippen LogP contribution >= 0.6 is 0 Å². The Kier molecular flexibility index (Phi) is 3.11. The molecule has 0 unspecified atom stereocenters. The summed E-state index contributed by atoms with van der Waals surface area (Å²) in [6, 6.07) is 18.6. The first-order valence-corrected chi connectivity index (χ1v) is 6.14. The molecule has 0 spiro atoms. The van der Waals surface area contributed by atoms with Crippen molar-refractivity contribution in [1.82, 2.24) is 9.78 Å². The third kappa shape index (κ3) is 2.55. The molecule has 0 aliphatic rings. The van der Waals surface area contributed by atoms with Crippen molar-refractivity contribution in [1.29, 1.82) is 0 Å². The van der Waals surface area contributed by atoms with E-state index < -0.39 is 0 Å². The van der Waals surface area contributed by atoms with Crippen LogP contribution in [0.1, 0.15) is 5.56 Å². The van der Waals surface area contributed by atoms with E-state index in [4.69, 9.17) is 0 Å². The number of halogens is 1. The summed E-state index contributed by atoms with van der Waals surface area (Å²) in [5.41, 5.74) is 3.04. The Bertz CT molecular complexity index is 674. The molecule has 0 N–H and O–H groups in total. The Morgan fingerprint density at radius 1 is 0.947 bits per heavy atom. The largest absolute Gasteiger partial charge is 0.260 e. The van der Waals surface area contributed by atoms with Crippen molar-refractivity contribution >= 4 is 0 Å². The van der Waals surface area contributed by atoms with Gasteiger partial charge in [0.1, 0.15) is 5.82 Å². The highest BCUT2D eigenvalue weighted by Crippen LogP contribution is 2.19.